The fourth-order valence-electron chi connectivity index (χ4n) is 5.01. The molecule has 170 valence electrons. The Morgan fingerprint density at radius 3 is 2.47 bits per heavy atom. The lowest BCUT2D eigenvalue weighted by Crippen LogP contribution is -2.52. The summed E-state index contributed by atoms with van der Waals surface area (Å²) in [7, 11) is 1.58. The van der Waals surface area contributed by atoms with Gasteiger partial charge in [-0.2, -0.15) is 0 Å². The lowest BCUT2D eigenvalue weighted by atomic mass is 9.70. The van der Waals surface area contributed by atoms with E-state index in [1.54, 1.807) is 11.9 Å². The predicted octanol–water partition coefficient (Wildman–Crippen LogP) is 1.71. The number of aliphatic hydroxyl groups excluding tert-OH is 1. The van der Waals surface area contributed by atoms with Crippen LogP contribution in [0, 0.1) is 29.6 Å². The highest BCUT2D eigenvalue weighted by Gasteiger charge is 2.57. The number of nitrogens with zero attached hydrogens (tertiary/aromatic N) is 1. The zero-order chi connectivity index (χ0) is 22.4. The normalized spacial score (nSPS) is 29.1. The average Bonchev–Trinajstić information content (AvgIpc) is 3.01. The molecule has 1 heterocycles. The number of rotatable bonds is 10. The van der Waals surface area contributed by atoms with Crippen molar-refractivity contribution in [2.75, 3.05) is 20.2 Å². The standard InChI is InChI=1S/C23H39N3O4/c1-6-7-8-11-25-22(29)20-17-10-9-15(4)18(21(28)24-5)19(17)23(30)26(20)16(13-27)12-14(2)3/h9-10,14-20,27H,6-8,11-13H2,1-5H3,(H,24,28)(H,25,29)/t15-,16-,17+,18-,19+,20+/m1/s1. The number of likely N-dealkylation sites (tertiary alicyclic amines) is 1. The van der Waals surface area contributed by atoms with E-state index in [2.05, 4.69) is 17.6 Å². The Hall–Kier alpha value is -1.89. The number of aliphatic hydroxyl groups is 1. The maximum atomic E-state index is 13.6. The topological polar surface area (TPSA) is 98.7 Å². The first-order valence-corrected chi connectivity index (χ1v) is 11.4. The molecular formula is C23H39N3O4. The lowest BCUT2D eigenvalue weighted by Gasteiger charge is -2.34. The SMILES string of the molecule is CCCCCNC(=O)[C@@H]1[C@H]2C=C[C@@H](C)[C@@H](C(=O)NC)[C@H]2C(=O)N1[C@@H](CO)CC(C)C. The number of hydrogen-bond acceptors (Lipinski definition) is 4. The van der Waals surface area contributed by atoms with Crippen LogP contribution in [0.1, 0.15) is 53.4 Å². The van der Waals surface area contributed by atoms with Crippen molar-refractivity contribution in [3.8, 4) is 0 Å². The van der Waals surface area contributed by atoms with E-state index in [4.69, 9.17) is 0 Å². The molecule has 1 saturated heterocycles. The molecule has 3 N–H and O–H groups in total. The maximum absolute atomic E-state index is 13.6. The van der Waals surface area contributed by atoms with E-state index in [-0.39, 0.29) is 42.1 Å². The van der Waals surface area contributed by atoms with E-state index < -0.39 is 23.9 Å². The van der Waals surface area contributed by atoms with Crippen molar-refractivity contribution >= 4 is 17.7 Å². The highest BCUT2D eigenvalue weighted by atomic mass is 16.3. The Kier molecular flexibility index (Phi) is 8.89. The van der Waals surface area contributed by atoms with Crippen LogP contribution in [0.3, 0.4) is 0 Å². The van der Waals surface area contributed by atoms with Gasteiger partial charge in [0.25, 0.3) is 0 Å². The van der Waals surface area contributed by atoms with Crippen molar-refractivity contribution in [3.05, 3.63) is 12.2 Å². The van der Waals surface area contributed by atoms with Crippen LogP contribution in [0.2, 0.25) is 0 Å². The molecule has 30 heavy (non-hydrogen) atoms. The molecule has 2 rings (SSSR count). The minimum Gasteiger partial charge on any atom is -0.394 e. The van der Waals surface area contributed by atoms with E-state index >= 15 is 0 Å². The van der Waals surface area contributed by atoms with E-state index in [0.29, 0.717) is 13.0 Å². The molecule has 1 aliphatic heterocycles. The van der Waals surface area contributed by atoms with Crippen LogP contribution in [0.4, 0.5) is 0 Å². The Bertz CT molecular complexity index is 648. The van der Waals surface area contributed by atoms with Gasteiger partial charge in [-0.1, -0.05) is 52.7 Å². The number of unbranched alkanes of at least 4 members (excludes halogenated alkanes) is 2. The molecule has 0 aromatic rings. The van der Waals surface area contributed by atoms with Gasteiger partial charge in [0, 0.05) is 19.5 Å². The molecule has 1 fully saturated rings. The van der Waals surface area contributed by atoms with Gasteiger partial charge in [0.2, 0.25) is 17.7 Å². The summed E-state index contributed by atoms with van der Waals surface area (Å²) in [6.07, 6.45) is 7.47. The Morgan fingerprint density at radius 2 is 1.90 bits per heavy atom. The zero-order valence-electron chi connectivity index (χ0n) is 19.1. The Balaban J connectivity index is 2.40. The van der Waals surface area contributed by atoms with Crippen LogP contribution in [0.5, 0.6) is 0 Å². The fourth-order valence-corrected chi connectivity index (χ4v) is 5.01. The van der Waals surface area contributed by atoms with Crippen molar-refractivity contribution in [1.82, 2.24) is 15.5 Å². The molecular weight excluding hydrogens is 382 g/mol. The van der Waals surface area contributed by atoms with Gasteiger partial charge in [0.15, 0.2) is 0 Å². The van der Waals surface area contributed by atoms with Crippen LogP contribution < -0.4 is 10.6 Å². The van der Waals surface area contributed by atoms with E-state index in [1.165, 1.54) is 0 Å². The van der Waals surface area contributed by atoms with Gasteiger partial charge in [-0.25, -0.2) is 0 Å². The Labute approximate surface area is 180 Å². The molecule has 6 atom stereocenters. The number of nitrogens with one attached hydrogen (secondary N) is 2. The molecule has 3 amide bonds. The van der Waals surface area contributed by atoms with Gasteiger partial charge in [-0.15, -0.1) is 0 Å². The molecule has 0 bridgehead atoms. The van der Waals surface area contributed by atoms with Gasteiger partial charge >= 0.3 is 0 Å². The summed E-state index contributed by atoms with van der Waals surface area (Å²) < 4.78 is 0. The van der Waals surface area contributed by atoms with Gasteiger partial charge in [0.05, 0.1) is 24.5 Å². The van der Waals surface area contributed by atoms with E-state index in [9.17, 15) is 19.5 Å². The maximum Gasteiger partial charge on any atom is 0.243 e. The summed E-state index contributed by atoms with van der Waals surface area (Å²) in [4.78, 5) is 41.1. The van der Waals surface area contributed by atoms with E-state index in [1.807, 2.05) is 32.9 Å². The molecule has 2 aliphatic rings. The third kappa shape index (κ3) is 5.05. The molecule has 0 saturated carbocycles. The minimum atomic E-state index is -0.698. The van der Waals surface area contributed by atoms with Crippen LogP contribution >= 0.6 is 0 Å². The molecule has 0 spiro atoms. The van der Waals surface area contributed by atoms with Crippen LogP contribution in [-0.4, -0.2) is 60.0 Å². The van der Waals surface area contributed by atoms with Crippen LogP contribution in [0.25, 0.3) is 0 Å². The first-order valence-electron chi connectivity index (χ1n) is 11.4. The number of carbonyl (C=O) groups is 3. The monoisotopic (exact) mass is 421 g/mol. The van der Waals surface area contributed by atoms with Crippen molar-refractivity contribution in [2.45, 2.75) is 65.5 Å². The van der Waals surface area contributed by atoms with Gasteiger partial charge in [-0.05, 0) is 24.7 Å². The van der Waals surface area contributed by atoms with Crippen molar-refractivity contribution in [1.29, 1.82) is 0 Å². The first-order chi connectivity index (χ1) is 14.3. The Morgan fingerprint density at radius 1 is 1.20 bits per heavy atom. The number of fused-ring (bicyclic) bond motifs is 1. The minimum absolute atomic E-state index is 0.0963. The molecule has 7 nitrogen and oxygen atoms in total. The smallest absolute Gasteiger partial charge is 0.243 e. The zero-order valence-corrected chi connectivity index (χ0v) is 19.1. The van der Waals surface area contributed by atoms with Gasteiger partial charge in [-0.3, -0.25) is 14.4 Å². The second-order valence-corrected chi connectivity index (χ2v) is 9.14. The molecule has 0 aromatic carbocycles. The summed E-state index contributed by atoms with van der Waals surface area (Å²) in [5.74, 6) is -1.88. The van der Waals surface area contributed by atoms with Gasteiger partial charge < -0.3 is 20.6 Å². The highest BCUT2D eigenvalue weighted by molar-refractivity contribution is 5.97. The summed E-state index contributed by atoms with van der Waals surface area (Å²) in [6.45, 7) is 8.47. The second-order valence-electron chi connectivity index (χ2n) is 9.14. The highest BCUT2D eigenvalue weighted by Crippen LogP contribution is 2.45. The molecule has 0 aromatic heterocycles. The number of carbonyl (C=O) groups excluding carboxylic acids is 3. The number of allylic oxidation sites excluding steroid dienone is 1. The second kappa shape index (κ2) is 10.9. The summed E-state index contributed by atoms with van der Waals surface area (Å²) in [6, 6.07) is -1.14. The average molecular weight is 422 g/mol. The predicted molar refractivity (Wildman–Crippen MR) is 116 cm³/mol. The van der Waals surface area contributed by atoms with Crippen molar-refractivity contribution in [3.63, 3.8) is 0 Å². The summed E-state index contributed by atoms with van der Waals surface area (Å²) in [5, 5.41) is 15.8. The van der Waals surface area contributed by atoms with E-state index in [0.717, 1.165) is 19.3 Å². The fraction of sp³-hybridized carbons (Fsp3) is 0.783. The first kappa shape index (κ1) is 24.4. The van der Waals surface area contributed by atoms with Crippen LogP contribution in [0.15, 0.2) is 12.2 Å². The molecule has 0 radical (unpaired) electrons. The number of hydrogen-bond donors (Lipinski definition) is 3. The molecule has 7 heteroatoms. The third-order valence-electron chi connectivity index (χ3n) is 6.45. The molecule has 1 aliphatic carbocycles. The largest absolute Gasteiger partial charge is 0.394 e. The number of amides is 3. The van der Waals surface area contributed by atoms with Crippen LogP contribution in [-0.2, 0) is 14.4 Å². The third-order valence-corrected chi connectivity index (χ3v) is 6.45. The summed E-state index contributed by atoms with van der Waals surface area (Å²) >= 11 is 0. The van der Waals surface area contributed by atoms with Gasteiger partial charge in [0.1, 0.15) is 6.04 Å². The molecule has 0 unspecified atom stereocenters. The van der Waals surface area contributed by atoms with Crippen molar-refractivity contribution < 1.29 is 19.5 Å². The summed E-state index contributed by atoms with van der Waals surface area (Å²) in [5.41, 5.74) is 0. The lowest BCUT2D eigenvalue weighted by molar-refractivity contribution is -0.143. The quantitative estimate of drug-likeness (QED) is 0.369. The van der Waals surface area contributed by atoms with Crippen molar-refractivity contribution in [2.24, 2.45) is 29.6 Å².